The molecule has 1 aromatic heterocycles. The van der Waals surface area contributed by atoms with Crippen molar-refractivity contribution in [3.05, 3.63) is 58.7 Å². The van der Waals surface area contributed by atoms with Crippen LogP contribution in [0.1, 0.15) is 24.2 Å². The molecule has 1 heterocycles. The lowest BCUT2D eigenvalue weighted by Gasteiger charge is -2.05. The Bertz CT molecular complexity index is 496. The number of aliphatic hydroxyl groups is 1. The van der Waals surface area contributed by atoms with Crippen LogP contribution in [0.2, 0.25) is 5.02 Å². The largest absolute Gasteiger partial charge is 0.389 e. The summed E-state index contributed by atoms with van der Waals surface area (Å²) in [5, 5.41) is 11.1. The molecule has 0 aliphatic carbocycles. The summed E-state index contributed by atoms with van der Waals surface area (Å²) in [5.41, 5.74) is 2.05. The van der Waals surface area contributed by atoms with E-state index >= 15 is 0 Å². The molecule has 2 nitrogen and oxygen atoms in total. The van der Waals surface area contributed by atoms with Gasteiger partial charge in [0, 0.05) is 17.0 Å². The second-order valence-corrected chi connectivity index (χ2v) is 5.45. The highest BCUT2D eigenvalue weighted by Gasteiger charge is 2.02. The van der Waals surface area contributed by atoms with Crippen LogP contribution in [-0.2, 0) is 5.75 Å². The van der Waals surface area contributed by atoms with Gasteiger partial charge in [-0.25, -0.2) is 4.98 Å². The molecule has 2 rings (SSSR count). The van der Waals surface area contributed by atoms with Crippen LogP contribution in [0.25, 0.3) is 0 Å². The van der Waals surface area contributed by atoms with Gasteiger partial charge in [0.1, 0.15) is 0 Å². The van der Waals surface area contributed by atoms with E-state index in [1.807, 2.05) is 36.4 Å². The normalized spacial score (nSPS) is 12.4. The highest BCUT2D eigenvalue weighted by atomic mass is 35.5. The molecule has 4 heteroatoms. The Morgan fingerprint density at radius 3 is 2.50 bits per heavy atom. The molecule has 0 saturated carbocycles. The maximum atomic E-state index is 9.39. The van der Waals surface area contributed by atoms with E-state index in [-0.39, 0.29) is 0 Å². The molecule has 0 spiro atoms. The monoisotopic (exact) mass is 279 g/mol. The number of hydrogen-bond acceptors (Lipinski definition) is 3. The minimum absolute atomic E-state index is 0.465. The fourth-order valence-electron chi connectivity index (χ4n) is 1.46. The molecule has 2 aromatic rings. The highest BCUT2D eigenvalue weighted by Crippen LogP contribution is 2.22. The van der Waals surface area contributed by atoms with Gasteiger partial charge in [-0.05, 0) is 36.2 Å². The Hall–Kier alpha value is -1.03. The zero-order valence-electron chi connectivity index (χ0n) is 10.0. The van der Waals surface area contributed by atoms with Crippen molar-refractivity contribution >= 4 is 23.4 Å². The minimum Gasteiger partial charge on any atom is -0.389 e. The van der Waals surface area contributed by atoms with Gasteiger partial charge in [0.15, 0.2) is 0 Å². The predicted molar refractivity (Wildman–Crippen MR) is 75.9 cm³/mol. The molecular formula is C14H14ClNOS. The van der Waals surface area contributed by atoms with Gasteiger partial charge in [-0.1, -0.05) is 29.8 Å². The second-order valence-electron chi connectivity index (χ2n) is 4.02. The van der Waals surface area contributed by atoms with E-state index in [0.717, 1.165) is 21.4 Å². The van der Waals surface area contributed by atoms with Crippen molar-refractivity contribution in [1.29, 1.82) is 0 Å². The van der Waals surface area contributed by atoms with E-state index in [0.29, 0.717) is 0 Å². The Morgan fingerprint density at radius 1 is 1.22 bits per heavy atom. The lowest BCUT2D eigenvalue weighted by Crippen LogP contribution is -1.92. The zero-order chi connectivity index (χ0) is 13.0. The van der Waals surface area contributed by atoms with Crippen molar-refractivity contribution in [1.82, 2.24) is 4.98 Å². The van der Waals surface area contributed by atoms with Crippen LogP contribution in [-0.4, -0.2) is 10.1 Å². The fourth-order valence-corrected chi connectivity index (χ4v) is 2.39. The molecule has 1 aromatic carbocycles. The van der Waals surface area contributed by atoms with Crippen LogP contribution in [0.5, 0.6) is 0 Å². The topological polar surface area (TPSA) is 33.1 Å². The van der Waals surface area contributed by atoms with E-state index < -0.39 is 6.10 Å². The first-order chi connectivity index (χ1) is 8.65. The summed E-state index contributed by atoms with van der Waals surface area (Å²) in [7, 11) is 0. The first-order valence-electron chi connectivity index (χ1n) is 5.66. The van der Waals surface area contributed by atoms with Gasteiger partial charge in [-0.3, -0.25) is 0 Å². The summed E-state index contributed by atoms with van der Waals surface area (Å²) in [6.07, 6.45) is 1.25. The number of rotatable bonds is 4. The molecule has 0 amide bonds. The quantitative estimate of drug-likeness (QED) is 0.856. The molecule has 0 aliphatic heterocycles. The van der Waals surface area contributed by atoms with Crippen LogP contribution in [0.3, 0.4) is 0 Å². The molecule has 0 radical (unpaired) electrons. The summed E-state index contributed by atoms with van der Waals surface area (Å²) >= 11 is 7.50. The number of hydrogen-bond donors (Lipinski definition) is 1. The molecule has 94 valence electrons. The van der Waals surface area contributed by atoms with Crippen LogP contribution in [0, 0.1) is 0 Å². The fraction of sp³-hybridized carbons (Fsp3) is 0.214. The smallest absolute Gasteiger partial charge is 0.0963 e. The SMILES string of the molecule is C[C@@H](O)c1ccc(SCc2ccc(Cl)cc2)nc1. The maximum Gasteiger partial charge on any atom is 0.0963 e. The van der Waals surface area contributed by atoms with Crippen molar-refractivity contribution in [3.8, 4) is 0 Å². The lowest BCUT2D eigenvalue weighted by atomic mass is 10.2. The molecule has 0 unspecified atom stereocenters. The molecule has 0 saturated heterocycles. The standard InChI is InChI=1S/C14H14ClNOS/c1-10(17)12-4-7-14(16-8-12)18-9-11-2-5-13(15)6-3-11/h2-8,10,17H,9H2,1H3/t10-/m1/s1. The maximum absolute atomic E-state index is 9.39. The first-order valence-corrected chi connectivity index (χ1v) is 7.03. The molecular weight excluding hydrogens is 266 g/mol. The molecule has 1 N–H and O–H groups in total. The Morgan fingerprint density at radius 2 is 1.94 bits per heavy atom. The van der Waals surface area contributed by atoms with E-state index in [2.05, 4.69) is 4.98 Å². The number of nitrogens with zero attached hydrogens (tertiary/aromatic N) is 1. The van der Waals surface area contributed by atoms with Crippen LogP contribution < -0.4 is 0 Å². The first kappa shape index (κ1) is 13.4. The Labute approximate surface area is 116 Å². The number of pyridine rings is 1. The van der Waals surface area contributed by atoms with Gasteiger partial charge in [-0.15, -0.1) is 11.8 Å². The number of aromatic nitrogens is 1. The summed E-state index contributed by atoms with van der Waals surface area (Å²) in [5.74, 6) is 0.859. The summed E-state index contributed by atoms with van der Waals surface area (Å²) in [4.78, 5) is 4.31. The van der Waals surface area contributed by atoms with Crippen LogP contribution >= 0.6 is 23.4 Å². The van der Waals surface area contributed by atoms with E-state index in [9.17, 15) is 5.11 Å². The number of aliphatic hydroxyl groups excluding tert-OH is 1. The summed E-state index contributed by atoms with van der Waals surface area (Å²) in [6.45, 7) is 1.73. The van der Waals surface area contributed by atoms with E-state index in [4.69, 9.17) is 11.6 Å². The van der Waals surface area contributed by atoms with Crippen LogP contribution in [0.15, 0.2) is 47.6 Å². The molecule has 0 bridgehead atoms. The summed E-state index contributed by atoms with van der Waals surface area (Å²) in [6, 6.07) is 11.6. The molecule has 1 atom stereocenters. The predicted octanol–water partition coefficient (Wildman–Crippen LogP) is 4.08. The lowest BCUT2D eigenvalue weighted by molar-refractivity contribution is 0.198. The van der Waals surface area contributed by atoms with Gasteiger partial charge >= 0.3 is 0 Å². The average Bonchev–Trinajstić information content (AvgIpc) is 2.38. The number of benzene rings is 1. The van der Waals surface area contributed by atoms with Crippen LogP contribution in [0.4, 0.5) is 0 Å². The van der Waals surface area contributed by atoms with Gasteiger partial charge in [0.2, 0.25) is 0 Å². The Kier molecular flexibility index (Phi) is 4.64. The zero-order valence-corrected chi connectivity index (χ0v) is 11.6. The second kappa shape index (κ2) is 6.23. The summed E-state index contributed by atoms with van der Waals surface area (Å²) < 4.78 is 0. The van der Waals surface area contributed by atoms with E-state index in [1.54, 1.807) is 24.9 Å². The van der Waals surface area contributed by atoms with Gasteiger partial charge in [-0.2, -0.15) is 0 Å². The van der Waals surface area contributed by atoms with Gasteiger partial charge in [0.05, 0.1) is 11.1 Å². The van der Waals surface area contributed by atoms with Crippen molar-refractivity contribution in [2.45, 2.75) is 23.8 Å². The molecule has 0 aliphatic rings. The van der Waals surface area contributed by atoms with Crippen molar-refractivity contribution in [3.63, 3.8) is 0 Å². The van der Waals surface area contributed by atoms with Crippen molar-refractivity contribution in [2.24, 2.45) is 0 Å². The van der Waals surface area contributed by atoms with Crippen molar-refractivity contribution in [2.75, 3.05) is 0 Å². The van der Waals surface area contributed by atoms with E-state index in [1.165, 1.54) is 5.56 Å². The third kappa shape index (κ3) is 3.73. The average molecular weight is 280 g/mol. The minimum atomic E-state index is -0.465. The number of halogens is 1. The van der Waals surface area contributed by atoms with Crippen molar-refractivity contribution < 1.29 is 5.11 Å². The molecule has 18 heavy (non-hydrogen) atoms. The Balaban J connectivity index is 1.95. The van der Waals surface area contributed by atoms with Gasteiger partial charge < -0.3 is 5.11 Å². The highest BCUT2D eigenvalue weighted by molar-refractivity contribution is 7.98. The third-order valence-corrected chi connectivity index (χ3v) is 3.81. The third-order valence-electron chi connectivity index (χ3n) is 2.54. The molecule has 0 fully saturated rings. The number of thioether (sulfide) groups is 1. The van der Waals surface area contributed by atoms with Gasteiger partial charge in [0.25, 0.3) is 0 Å².